The molecule has 0 aliphatic carbocycles. The maximum Gasteiger partial charge on any atom is 0.338 e. The highest BCUT2D eigenvalue weighted by atomic mass is 35.5. The van der Waals surface area contributed by atoms with Crippen LogP contribution in [0, 0.1) is 0 Å². The van der Waals surface area contributed by atoms with Crippen molar-refractivity contribution in [1.29, 1.82) is 0 Å². The molecule has 1 N–H and O–H groups in total. The number of aromatic carboxylic acids is 1. The third-order valence-corrected chi connectivity index (χ3v) is 3.85. The van der Waals surface area contributed by atoms with Gasteiger partial charge in [-0.15, -0.1) is 11.8 Å². The minimum atomic E-state index is -1.00. The van der Waals surface area contributed by atoms with Crippen molar-refractivity contribution in [1.82, 2.24) is 9.97 Å². The molecule has 0 aliphatic heterocycles. The molecular weight excluding hydrogens is 307 g/mol. The van der Waals surface area contributed by atoms with Gasteiger partial charge in [-0.2, -0.15) is 0 Å². The summed E-state index contributed by atoms with van der Waals surface area (Å²) in [5.74, 6) is -0.531. The highest BCUT2D eigenvalue weighted by Gasteiger charge is 2.12. The van der Waals surface area contributed by atoms with Crippen molar-refractivity contribution in [2.24, 2.45) is 0 Å². The zero-order chi connectivity index (χ0) is 13.8. The number of hydrogen-bond acceptors (Lipinski definition) is 4. The van der Waals surface area contributed by atoms with Crippen molar-refractivity contribution in [3.63, 3.8) is 0 Å². The van der Waals surface area contributed by atoms with Crippen molar-refractivity contribution < 1.29 is 9.90 Å². The molecular formula is C12H8Cl2N2O2S. The molecule has 0 atom stereocenters. The average Bonchev–Trinajstić information content (AvgIpc) is 2.38. The summed E-state index contributed by atoms with van der Waals surface area (Å²) in [6.45, 7) is 0. The normalized spacial score (nSPS) is 10.4. The highest BCUT2D eigenvalue weighted by Crippen LogP contribution is 2.27. The Morgan fingerprint density at radius 1 is 1.32 bits per heavy atom. The summed E-state index contributed by atoms with van der Waals surface area (Å²) in [5.41, 5.74) is 0.948. The topological polar surface area (TPSA) is 63.1 Å². The lowest BCUT2D eigenvalue weighted by atomic mass is 10.3. The minimum Gasteiger partial charge on any atom is -0.478 e. The van der Waals surface area contributed by atoms with Gasteiger partial charge in [0.05, 0.1) is 5.56 Å². The zero-order valence-corrected chi connectivity index (χ0v) is 11.8. The lowest BCUT2D eigenvalue weighted by molar-refractivity contribution is 0.0692. The molecule has 0 saturated heterocycles. The Kier molecular flexibility index (Phi) is 4.63. The molecule has 7 heteroatoms. The van der Waals surface area contributed by atoms with Crippen molar-refractivity contribution in [2.75, 3.05) is 0 Å². The average molecular weight is 315 g/mol. The lowest BCUT2D eigenvalue weighted by Crippen LogP contribution is -2.00. The number of aromatic nitrogens is 2. The van der Waals surface area contributed by atoms with E-state index in [0.717, 1.165) is 5.56 Å². The first-order valence-electron chi connectivity index (χ1n) is 5.20. The molecule has 0 amide bonds. The van der Waals surface area contributed by atoms with Gasteiger partial charge < -0.3 is 5.11 Å². The zero-order valence-electron chi connectivity index (χ0n) is 9.51. The summed E-state index contributed by atoms with van der Waals surface area (Å²) in [6.07, 6.45) is 1.55. The predicted molar refractivity (Wildman–Crippen MR) is 75.0 cm³/mol. The number of pyridine rings is 2. The van der Waals surface area contributed by atoms with E-state index in [1.165, 1.54) is 17.8 Å². The molecule has 2 rings (SSSR count). The standard InChI is InChI=1S/C12H8Cl2N2O2S/c13-9-4-3-7(10(14)16-9)6-19-11-8(12(17)18)2-1-5-15-11/h1-5H,6H2,(H,17,18). The van der Waals surface area contributed by atoms with Crippen molar-refractivity contribution in [3.05, 3.63) is 51.9 Å². The van der Waals surface area contributed by atoms with Gasteiger partial charge in [-0.1, -0.05) is 29.3 Å². The minimum absolute atomic E-state index is 0.172. The smallest absolute Gasteiger partial charge is 0.338 e. The van der Waals surface area contributed by atoms with Crippen LogP contribution in [-0.2, 0) is 5.75 Å². The van der Waals surface area contributed by atoms with Crippen molar-refractivity contribution in [3.8, 4) is 0 Å². The Hall–Kier alpha value is -1.30. The first-order chi connectivity index (χ1) is 9.08. The molecule has 0 radical (unpaired) electrons. The van der Waals surface area contributed by atoms with Gasteiger partial charge >= 0.3 is 5.97 Å². The van der Waals surface area contributed by atoms with Gasteiger partial charge in [0, 0.05) is 11.9 Å². The first kappa shape index (κ1) is 14.1. The summed E-state index contributed by atoms with van der Waals surface area (Å²) in [5, 5.41) is 10.1. The number of nitrogens with zero attached hydrogens (tertiary/aromatic N) is 2. The molecule has 2 heterocycles. The largest absolute Gasteiger partial charge is 0.478 e. The van der Waals surface area contributed by atoms with Crippen LogP contribution in [0.25, 0.3) is 0 Å². The van der Waals surface area contributed by atoms with Gasteiger partial charge in [0.1, 0.15) is 15.3 Å². The van der Waals surface area contributed by atoms with Crippen LogP contribution in [0.5, 0.6) is 0 Å². The van der Waals surface area contributed by atoms with E-state index in [1.807, 2.05) is 0 Å². The summed E-state index contributed by atoms with van der Waals surface area (Å²) in [4.78, 5) is 19.0. The van der Waals surface area contributed by atoms with Crippen LogP contribution in [0.2, 0.25) is 10.3 Å². The molecule has 2 aromatic heterocycles. The van der Waals surface area contributed by atoms with Crippen molar-refractivity contribution >= 4 is 40.9 Å². The Morgan fingerprint density at radius 2 is 2.11 bits per heavy atom. The third kappa shape index (κ3) is 3.59. The van der Waals surface area contributed by atoms with E-state index in [2.05, 4.69) is 9.97 Å². The van der Waals surface area contributed by atoms with Crippen LogP contribution in [0.15, 0.2) is 35.5 Å². The first-order valence-corrected chi connectivity index (χ1v) is 6.94. The van der Waals surface area contributed by atoms with Gasteiger partial charge in [0.2, 0.25) is 0 Å². The van der Waals surface area contributed by atoms with Crippen LogP contribution < -0.4 is 0 Å². The molecule has 0 spiro atoms. The van der Waals surface area contributed by atoms with Crippen LogP contribution in [0.1, 0.15) is 15.9 Å². The second-order valence-electron chi connectivity index (χ2n) is 3.53. The fourth-order valence-electron chi connectivity index (χ4n) is 1.36. The number of carboxylic acid groups (broad SMARTS) is 1. The van der Waals surface area contributed by atoms with Crippen LogP contribution in [0.4, 0.5) is 0 Å². The second kappa shape index (κ2) is 6.23. The number of carbonyl (C=O) groups is 1. The molecule has 0 bridgehead atoms. The molecule has 2 aromatic rings. The van der Waals surface area contributed by atoms with E-state index < -0.39 is 5.97 Å². The summed E-state index contributed by atoms with van der Waals surface area (Å²) in [7, 11) is 0. The number of thioether (sulfide) groups is 1. The number of halogens is 2. The van der Waals surface area contributed by atoms with E-state index in [4.69, 9.17) is 28.3 Å². The van der Waals surface area contributed by atoms with Gasteiger partial charge in [0.25, 0.3) is 0 Å². The SMILES string of the molecule is O=C(O)c1cccnc1SCc1ccc(Cl)nc1Cl. The van der Waals surface area contributed by atoms with Gasteiger partial charge in [-0.25, -0.2) is 14.8 Å². The fourth-order valence-corrected chi connectivity index (χ4v) is 2.83. The van der Waals surface area contributed by atoms with E-state index in [9.17, 15) is 4.79 Å². The number of rotatable bonds is 4. The lowest BCUT2D eigenvalue weighted by Gasteiger charge is -2.05. The maximum atomic E-state index is 11.0. The van der Waals surface area contributed by atoms with Crippen LogP contribution >= 0.6 is 35.0 Å². The monoisotopic (exact) mass is 314 g/mol. The molecule has 19 heavy (non-hydrogen) atoms. The number of carboxylic acids is 1. The third-order valence-electron chi connectivity index (χ3n) is 2.26. The Labute approximate surface area is 123 Å². The molecule has 0 fully saturated rings. The Balaban J connectivity index is 2.17. The summed E-state index contributed by atoms with van der Waals surface area (Å²) >= 11 is 12.9. The van der Waals surface area contributed by atoms with E-state index in [-0.39, 0.29) is 5.56 Å². The molecule has 0 saturated carbocycles. The highest BCUT2D eigenvalue weighted by molar-refractivity contribution is 7.98. The quantitative estimate of drug-likeness (QED) is 0.687. The van der Waals surface area contributed by atoms with E-state index in [0.29, 0.717) is 21.1 Å². The molecule has 4 nitrogen and oxygen atoms in total. The Morgan fingerprint density at radius 3 is 2.79 bits per heavy atom. The second-order valence-corrected chi connectivity index (χ2v) is 5.24. The van der Waals surface area contributed by atoms with E-state index >= 15 is 0 Å². The number of hydrogen-bond donors (Lipinski definition) is 1. The van der Waals surface area contributed by atoms with Crippen LogP contribution in [-0.4, -0.2) is 21.0 Å². The molecule has 98 valence electrons. The van der Waals surface area contributed by atoms with Gasteiger partial charge in [0.15, 0.2) is 0 Å². The predicted octanol–water partition coefficient (Wildman–Crippen LogP) is 3.77. The van der Waals surface area contributed by atoms with Gasteiger partial charge in [-0.3, -0.25) is 0 Å². The van der Waals surface area contributed by atoms with Gasteiger partial charge in [-0.05, 0) is 23.8 Å². The summed E-state index contributed by atoms with van der Waals surface area (Å²) in [6, 6.07) is 6.50. The van der Waals surface area contributed by atoms with Crippen LogP contribution in [0.3, 0.4) is 0 Å². The molecule has 0 aromatic carbocycles. The fraction of sp³-hybridized carbons (Fsp3) is 0.0833. The molecule has 0 aliphatic rings. The van der Waals surface area contributed by atoms with Crippen molar-refractivity contribution in [2.45, 2.75) is 10.8 Å². The Bertz CT molecular complexity index is 622. The summed E-state index contributed by atoms with van der Waals surface area (Å²) < 4.78 is 0. The molecule has 0 unspecified atom stereocenters. The van der Waals surface area contributed by atoms with E-state index in [1.54, 1.807) is 24.4 Å². The maximum absolute atomic E-state index is 11.0.